The maximum atomic E-state index is 12.3. The molecule has 0 aliphatic rings. The molecule has 1 heterocycles. The van der Waals surface area contributed by atoms with E-state index in [4.69, 9.17) is 11.0 Å². The molecule has 1 aromatic carbocycles. The second-order valence-corrected chi connectivity index (χ2v) is 3.99. The van der Waals surface area contributed by atoms with Gasteiger partial charge >= 0.3 is 0 Å². The van der Waals surface area contributed by atoms with Crippen LogP contribution >= 0.6 is 0 Å². The number of anilines is 2. The van der Waals surface area contributed by atoms with E-state index in [9.17, 15) is 4.79 Å². The summed E-state index contributed by atoms with van der Waals surface area (Å²) < 4.78 is 0. The second kappa shape index (κ2) is 5.19. The normalized spacial score (nSPS) is 9.68. The molecule has 0 bridgehead atoms. The molecule has 2 N–H and O–H groups in total. The molecule has 2 rings (SSSR count). The van der Waals surface area contributed by atoms with Crippen LogP contribution < -0.4 is 10.6 Å². The molecule has 19 heavy (non-hydrogen) atoms. The zero-order valence-corrected chi connectivity index (χ0v) is 10.4. The van der Waals surface area contributed by atoms with Crippen LogP contribution in [-0.2, 0) is 0 Å². The molecule has 0 radical (unpaired) electrons. The summed E-state index contributed by atoms with van der Waals surface area (Å²) in [6.07, 6.45) is 3.08. The van der Waals surface area contributed by atoms with E-state index >= 15 is 0 Å². The van der Waals surface area contributed by atoms with Crippen molar-refractivity contribution in [3.63, 3.8) is 0 Å². The predicted molar refractivity (Wildman–Crippen MR) is 72.5 cm³/mol. The number of nitriles is 1. The monoisotopic (exact) mass is 252 g/mol. The number of hydrogen-bond donors (Lipinski definition) is 1. The van der Waals surface area contributed by atoms with Crippen molar-refractivity contribution in [2.24, 2.45) is 0 Å². The van der Waals surface area contributed by atoms with Gasteiger partial charge in [0.15, 0.2) is 0 Å². The van der Waals surface area contributed by atoms with Crippen LogP contribution in [0.4, 0.5) is 11.4 Å². The lowest BCUT2D eigenvalue weighted by atomic mass is 10.1. The molecule has 0 saturated carbocycles. The molecular weight excluding hydrogens is 240 g/mol. The zero-order valence-electron chi connectivity index (χ0n) is 10.4. The highest BCUT2D eigenvalue weighted by Gasteiger charge is 2.15. The number of nitrogen functional groups attached to an aromatic ring is 1. The molecule has 0 atom stereocenters. The van der Waals surface area contributed by atoms with Gasteiger partial charge in [0.2, 0.25) is 0 Å². The first-order valence-electron chi connectivity index (χ1n) is 5.61. The molecule has 0 unspecified atom stereocenters. The summed E-state index contributed by atoms with van der Waals surface area (Å²) in [5, 5.41) is 8.72. The lowest BCUT2D eigenvalue weighted by Gasteiger charge is -2.18. The lowest BCUT2D eigenvalue weighted by Crippen LogP contribution is -2.27. The second-order valence-electron chi connectivity index (χ2n) is 3.99. The quantitative estimate of drug-likeness (QED) is 0.883. The summed E-state index contributed by atoms with van der Waals surface area (Å²) in [4.78, 5) is 17.6. The molecule has 1 aromatic heterocycles. The third kappa shape index (κ3) is 2.53. The van der Waals surface area contributed by atoms with Gasteiger partial charge in [-0.2, -0.15) is 5.26 Å². The average molecular weight is 252 g/mol. The number of carbonyl (C=O) groups is 1. The number of nitrogens with two attached hydrogens (primary N) is 1. The topological polar surface area (TPSA) is 83.0 Å². The molecule has 0 spiro atoms. The first-order valence-corrected chi connectivity index (χ1v) is 5.61. The van der Waals surface area contributed by atoms with Crippen LogP contribution in [0.25, 0.3) is 0 Å². The zero-order chi connectivity index (χ0) is 13.8. The Kier molecular flexibility index (Phi) is 3.44. The van der Waals surface area contributed by atoms with Crippen LogP contribution in [0.15, 0.2) is 42.7 Å². The van der Waals surface area contributed by atoms with E-state index in [2.05, 4.69) is 4.98 Å². The average Bonchev–Trinajstić information content (AvgIpc) is 2.46. The standard InChI is InChI=1S/C14H12N4O/c1-18(13-6-7-17-9-12(13)16)14(19)11-4-2-10(8-15)3-5-11/h2-7,9H,16H2,1H3. The molecule has 94 valence electrons. The number of pyridine rings is 1. The largest absolute Gasteiger partial charge is 0.396 e. The molecule has 0 saturated heterocycles. The molecule has 2 aromatic rings. The summed E-state index contributed by atoms with van der Waals surface area (Å²) in [6, 6.07) is 10.1. The van der Waals surface area contributed by atoms with Gasteiger partial charge in [-0.25, -0.2) is 0 Å². The molecular formula is C14H12N4O. The molecule has 5 nitrogen and oxygen atoms in total. The maximum absolute atomic E-state index is 12.3. The fourth-order valence-electron chi connectivity index (χ4n) is 1.70. The van der Waals surface area contributed by atoms with Crippen molar-refractivity contribution in [1.29, 1.82) is 5.26 Å². The summed E-state index contributed by atoms with van der Waals surface area (Å²) in [6.45, 7) is 0. The fourth-order valence-corrected chi connectivity index (χ4v) is 1.70. The summed E-state index contributed by atoms with van der Waals surface area (Å²) >= 11 is 0. The van der Waals surface area contributed by atoms with E-state index in [1.807, 2.05) is 6.07 Å². The molecule has 0 fully saturated rings. The number of aromatic nitrogens is 1. The van der Waals surface area contributed by atoms with Gasteiger partial charge in [-0.15, -0.1) is 0 Å². The highest BCUT2D eigenvalue weighted by Crippen LogP contribution is 2.21. The highest BCUT2D eigenvalue weighted by atomic mass is 16.2. The predicted octanol–water partition coefficient (Wildman–Crippen LogP) is 1.81. The van der Waals surface area contributed by atoms with E-state index in [-0.39, 0.29) is 5.91 Å². The minimum atomic E-state index is -0.192. The van der Waals surface area contributed by atoms with Crippen molar-refractivity contribution in [1.82, 2.24) is 4.98 Å². The summed E-state index contributed by atoms with van der Waals surface area (Å²) in [5.41, 5.74) is 7.84. The van der Waals surface area contributed by atoms with E-state index < -0.39 is 0 Å². The minimum absolute atomic E-state index is 0.192. The number of carbonyl (C=O) groups excluding carboxylic acids is 1. The SMILES string of the molecule is CN(C(=O)c1ccc(C#N)cc1)c1ccncc1N. The van der Waals surface area contributed by atoms with Gasteiger partial charge in [-0.1, -0.05) is 0 Å². The van der Waals surface area contributed by atoms with E-state index in [0.29, 0.717) is 22.5 Å². The Balaban J connectivity index is 2.29. The van der Waals surface area contributed by atoms with Crippen molar-refractivity contribution in [2.75, 3.05) is 17.7 Å². The van der Waals surface area contributed by atoms with Gasteiger partial charge in [0.1, 0.15) is 0 Å². The summed E-state index contributed by atoms with van der Waals surface area (Å²) in [5.74, 6) is -0.192. The maximum Gasteiger partial charge on any atom is 0.258 e. The third-order valence-corrected chi connectivity index (χ3v) is 2.75. The van der Waals surface area contributed by atoms with Gasteiger partial charge < -0.3 is 10.6 Å². The van der Waals surface area contributed by atoms with Crippen LogP contribution in [0, 0.1) is 11.3 Å². The van der Waals surface area contributed by atoms with Gasteiger partial charge in [-0.05, 0) is 30.3 Å². The van der Waals surface area contributed by atoms with Crippen molar-refractivity contribution in [3.8, 4) is 6.07 Å². The molecule has 0 aliphatic heterocycles. The van der Waals surface area contributed by atoms with Crippen LogP contribution in [0.2, 0.25) is 0 Å². The van der Waals surface area contributed by atoms with Gasteiger partial charge in [0, 0.05) is 18.8 Å². The number of amides is 1. The smallest absolute Gasteiger partial charge is 0.258 e. The number of hydrogen-bond acceptors (Lipinski definition) is 4. The molecule has 5 heteroatoms. The van der Waals surface area contributed by atoms with Gasteiger partial charge in [0.05, 0.1) is 29.2 Å². The summed E-state index contributed by atoms with van der Waals surface area (Å²) in [7, 11) is 1.65. The van der Waals surface area contributed by atoms with Crippen LogP contribution in [0.1, 0.15) is 15.9 Å². The Labute approximate surface area is 110 Å². The van der Waals surface area contributed by atoms with Crippen LogP contribution in [-0.4, -0.2) is 17.9 Å². The van der Waals surface area contributed by atoms with E-state index in [1.54, 1.807) is 43.6 Å². The fraction of sp³-hybridized carbons (Fsp3) is 0.0714. The number of rotatable bonds is 2. The van der Waals surface area contributed by atoms with E-state index in [0.717, 1.165) is 0 Å². The van der Waals surface area contributed by atoms with Crippen molar-refractivity contribution < 1.29 is 4.79 Å². The van der Waals surface area contributed by atoms with E-state index in [1.165, 1.54) is 11.1 Å². The van der Waals surface area contributed by atoms with Gasteiger partial charge in [-0.3, -0.25) is 9.78 Å². The van der Waals surface area contributed by atoms with Crippen molar-refractivity contribution in [2.45, 2.75) is 0 Å². The first kappa shape index (κ1) is 12.6. The Morgan fingerprint density at radius 2 is 2.00 bits per heavy atom. The number of benzene rings is 1. The van der Waals surface area contributed by atoms with Crippen molar-refractivity contribution in [3.05, 3.63) is 53.9 Å². The number of nitrogens with zero attached hydrogens (tertiary/aromatic N) is 3. The third-order valence-electron chi connectivity index (χ3n) is 2.75. The lowest BCUT2D eigenvalue weighted by molar-refractivity contribution is 0.0993. The Hall–Kier alpha value is -2.87. The minimum Gasteiger partial charge on any atom is -0.396 e. The van der Waals surface area contributed by atoms with Gasteiger partial charge in [0.25, 0.3) is 5.91 Å². The Morgan fingerprint density at radius 1 is 1.32 bits per heavy atom. The first-order chi connectivity index (χ1) is 9.13. The Morgan fingerprint density at radius 3 is 2.58 bits per heavy atom. The van der Waals surface area contributed by atoms with Crippen LogP contribution in [0.3, 0.4) is 0 Å². The highest BCUT2D eigenvalue weighted by molar-refractivity contribution is 6.07. The molecule has 0 aliphatic carbocycles. The molecule has 1 amide bonds. The van der Waals surface area contributed by atoms with Crippen LogP contribution in [0.5, 0.6) is 0 Å². The van der Waals surface area contributed by atoms with Crippen molar-refractivity contribution >= 4 is 17.3 Å². The Bertz CT molecular complexity index is 643.